The maximum Gasteiger partial charge on any atom is 0.326 e. The van der Waals surface area contributed by atoms with Gasteiger partial charge in [0.2, 0.25) is 0 Å². The highest BCUT2D eigenvalue weighted by atomic mass is 19.1. The van der Waals surface area contributed by atoms with Gasteiger partial charge in [0.25, 0.3) is 5.91 Å². The predicted octanol–water partition coefficient (Wildman–Crippen LogP) is 1.18. The lowest BCUT2D eigenvalue weighted by Crippen LogP contribution is -2.41. The minimum absolute atomic E-state index is 0.0101. The van der Waals surface area contributed by atoms with Crippen LogP contribution in [0.2, 0.25) is 0 Å². The zero-order chi connectivity index (χ0) is 15.3. The molecule has 6 nitrogen and oxygen atoms in total. The summed E-state index contributed by atoms with van der Waals surface area (Å²) in [4.78, 5) is 33.2. The van der Waals surface area contributed by atoms with Gasteiger partial charge in [-0.3, -0.25) is 9.59 Å². The Balaban J connectivity index is 2.79. The molecule has 7 heteroatoms. The summed E-state index contributed by atoms with van der Waals surface area (Å²) in [5.74, 6) is -3.86. The van der Waals surface area contributed by atoms with Gasteiger partial charge >= 0.3 is 11.9 Å². The van der Waals surface area contributed by atoms with E-state index in [1.54, 1.807) is 6.92 Å². The molecule has 0 heterocycles. The molecule has 0 radical (unpaired) electrons. The summed E-state index contributed by atoms with van der Waals surface area (Å²) in [6, 6.07) is 2.30. The quantitative estimate of drug-likeness (QED) is 0.727. The molecule has 0 aromatic heterocycles. The topological polar surface area (TPSA) is 104 Å². The van der Waals surface area contributed by atoms with Crippen LogP contribution in [-0.4, -0.2) is 34.1 Å². The number of halogens is 1. The SMILES string of the molecule is Cc1cc(F)cc(C(=O)NC(CCC(=O)O)C(=O)O)c1. The Hall–Kier alpha value is -2.44. The molecule has 1 unspecified atom stereocenters. The van der Waals surface area contributed by atoms with E-state index >= 15 is 0 Å². The molecule has 0 bridgehead atoms. The van der Waals surface area contributed by atoms with Crippen LogP contribution < -0.4 is 5.32 Å². The lowest BCUT2D eigenvalue weighted by molar-refractivity contribution is -0.140. The van der Waals surface area contributed by atoms with E-state index in [-0.39, 0.29) is 18.4 Å². The smallest absolute Gasteiger partial charge is 0.326 e. The van der Waals surface area contributed by atoms with Crippen LogP contribution in [-0.2, 0) is 9.59 Å². The molecule has 1 rings (SSSR count). The first-order valence-electron chi connectivity index (χ1n) is 5.82. The number of rotatable bonds is 6. The van der Waals surface area contributed by atoms with Crippen LogP contribution in [0, 0.1) is 12.7 Å². The minimum atomic E-state index is -1.34. The molecule has 1 aromatic carbocycles. The molecule has 0 spiro atoms. The van der Waals surface area contributed by atoms with Crippen LogP contribution >= 0.6 is 0 Å². The number of carboxylic acid groups (broad SMARTS) is 2. The first-order chi connectivity index (χ1) is 9.29. The number of hydrogen-bond donors (Lipinski definition) is 3. The van der Waals surface area contributed by atoms with Crippen molar-refractivity contribution in [1.82, 2.24) is 5.32 Å². The van der Waals surface area contributed by atoms with Gasteiger partial charge in [0.05, 0.1) is 0 Å². The molecule has 0 fully saturated rings. The lowest BCUT2D eigenvalue weighted by Gasteiger charge is -2.13. The molecule has 1 aromatic rings. The van der Waals surface area contributed by atoms with Crippen molar-refractivity contribution in [2.75, 3.05) is 0 Å². The summed E-state index contributed by atoms with van der Waals surface area (Å²) in [7, 11) is 0. The molecule has 0 aliphatic heterocycles. The van der Waals surface area contributed by atoms with Gasteiger partial charge in [-0.1, -0.05) is 0 Å². The van der Waals surface area contributed by atoms with Gasteiger partial charge in [-0.2, -0.15) is 0 Å². The van der Waals surface area contributed by atoms with Crippen LogP contribution in [0.15, 0.2) is 18.2 Å². The van der Waals surface area contributed by atoms with E-state index in [0.29, 0.717) is 5.56 Å². The van der Waals surface area contributed by atoms with Crippen LogP contribution in [0.3, 0.4) is 0 Å². The van der Waals surface area contributed by atoms with E-state index < -0.39 is 29.7 Å². The lowest BCUT2D eigenvalue weighted by atomic mass is 10.1. The standard InChI is InChI=1S/C13H14FNO5/c1-7-4-8(6-9(14)5-7)12(18)15-10(13(19)20)2-3-11(16)17/h4-6,10H,2-3H2,1H3,(H,15,18)(H,16,17)(H,19,20). The number of hydrogen-bond acceptors (Lipinski definition) is 3. The number of amides is 1. The monoisotopic (exact) mass is 283 g/mol. The molecule has 108 valence electrons. The molecule has 1 amide bonds. The summed E-state index contributed by atoms with van der Waals surface area (Å²) in [5, 5.41) is 19.6. The molecular formula is C13H14FNO5. The van der Waals surface area contributed by atoms with Crippen molar-refractivity contribution in [3.63, 3.8) is 0 Å². The summed E-state index contributed by atoms with van der Waals surface area (Å²) >= 11 is 0. The second-order valence-corrected chi connectivity index (χ2v) is 4.31. The van der Waals surface area contributed by atoms with Gasteiger partial charge in [0.1, 0.15) is 11.9 Å². The molecule has 0 aliphatic carbocycles. The normalized spacial score (nSPS) is 11.7. The zero-order valence-electron chi connectivity index (χ0n) is 10.7. The van der Waals surface area contributed by atoms with Gasteiger partial charge < -0.3 is 15.5 Å². The van der Waals surface area contributed by atoms with E-state index in [2.05, 4.69) is 5.32 Å². The third-order valence-electron chi connectivity index (χ3n) is 2.55. The van der Waals surface area contributed by atoms with Crippen LogP contribution in [0.25, 0.3) is 0 Å². The maximum absolute atomic E-state index is 13.2. The number of aliphatic carboxylic acids is 2. The Morgan fingerprint density at radius 1 is 1.25 bits per heavy atom. The highest BCUT2D eigenvalue weighted by molar-refractivity contribution is 5.96. The van der Waals surface area contributed by atoms with E-state index in [0.717, 1.165) is 6.07 Å². The highest BCUT2D eigenvalue weighted by Gasteiger charge is 2.21. The molecule has 3 N–H and O–H groups in total. The summed E-state index contributed by atoms with van der Waals surface area (Å²) in [5.41, 5.74) is 0.511. The Labute approximate surface area is 114 Å². The first-order valence-corrected chi connectivity index (χ1v) is 5.82. The van der Waals surface area contributed by atoms with Crippen LogP contribution in [0.1, 0.15) is 28.8 Å². The third-order valence-corrected chi connectivity index (χ3v) is 2.55. The van der Waals surface area contributed by atoms with Crippen molar-refractivity contribution in [2.24, 2.45) is 0 Å². The fourth-order valence-corrected chi connectivity index (χ4v) is 1.63. The highest BCUT2D eigenvalue weighted by Crippen LogP contribution is 2.09. The number of carbonyl (C=O) groups is 3. The third kappa shape index (κ3) is 4.68. The average Bonchev–Trinajstić information content (AvgIpc) is 2.32. The van der Waals surface area contributed by atoms with Crippen molar-refractivity contribution < 1.29 is 29.0 Å². The Morgan fingerprint density at radius 2 is 1.90 bits per heavy atom. The molecule has 20 heavy (non-hydrogen) atoms. The number of carboxylic acids is 2. The van der Waals surface area contributed by atoms with E-state index in [1.807, 2.05) is 0 Å². The fraction of sp³-hybridized carbons (Fsp3) is 0.308. The largest absolute Gasteiger partial charge is 0.481 e. The average molecular weight is 283 g/mol. The van der Waals surface area contributed by atoms with Gasteiger partial charge in [-0.15, -0.1) is 0 Å². The van der Waals surface area contributed by atoms with Gasteiger partial charge in [-0.05, 0) is 37.1 Å². The number of aryl methyl sites for hydroxylation is 1. The van der Waals surface area contributed by atoms with Crippen LogP contribution in [0.5, 0.6) is 0 Å². The Kier molecular flexibility index (Phi) is 5.19. The second kappa shape index (κ2) is 6.65. The number of nitrogens with one attached hydrogen (secondary N) is 1. The predicted molar refractivity (Wildman–Crippen MR) is 66.9 cm³/mol. The van der Waals surface area contributed by atoms with Crippen molar-refractivity contribution in [3.8, 4) is 0 Å². The van der Waals surface area contributed by atoms with Gasteiger partial charge in [0.15, 0.2) is 0 Å². The summed E-state index contributed by atoms with van der Waals surface area (Å²) in [6.45, 7) is 1.60. The Bertz CT molecular complexity index is 523. The Morgan fingerprint density at radius 3 is 2.40 bits per heavy atom. The van der Waals surface area contributed by atoms with Gasteiger partial charge in [-0.25, -0.2) is 9.18 Å². The molecule has 0 saturated carbocycles. The summed E-state index contributed by atoms with van der Waals surface area (Å²) in [6.07, 6.45) is -0.635. The maximum atomic E-state index is 13.2. The number of carbonyl (C=O) groups excluding carboxylic acids is 1. The zero-order valence-corrected chi connectivity index (χ0v) is 10.7. The number of benzene rings is 1. The van der Waals surface area contributed by atoms with Crippen LogP contribution in [0.4, 0.5) is 4.39 Å². The van der Waals surface area contributed by atoms with E-state index in [9.17, 15) is 18.8 Å². The van der Waals surface area contributed by atoms with Gasteiger partial charge in [0, 0.05) is 12.0 Å². The van der Waals surface area contributed by atoms with E-state index in [4.69, 9.17) is 10.2 Å². The second-order valence-electron chi connectivity index (χ2n) is 4.31. The summed E-state index contributed by atoms with van der Waals surface area (Å²) < 4.78 is 13.2. The van der Waals surface area contributed by atoms with E-state index in [1.165, 1.54) is 12.1 Å². The fourth-order valence-electron chi connectivity index (χ4n) is 1.63. The minimum Gasteiger partial charge on any atom is -0.481 e. The van der Waals surface area contributed by atoms with Crippen molar-refractivity contribution >= 4 is 17.8 Å². The molecule has 0 aliphatic rings. The van der Waals surface area contributed by atoms with Crippen molar-refractivity contribution in [2.45, 2.75) is 25.8 Å². The van der Waals surface area contributed by atoms with Crippen molar-refractivity contribution in [3.05, 3.63) is 35.1 Å². The first kappa shape index (κ1) is 15.6. The molecule has 1 atom stereocenters. The van der Waals surface area contributed by atoms with Crippen molar-refractivity contribution in [1.29, 1.82) is 0 Å². The molecular weight excluding hydrogens is 269 g/mol. The molecule has 0 saturated heterocycles.